The van der Waals surface area contributed by atoms with Crippen molar-refractivity contribution < 1.29 is 23.0 Å². The van der Waals surface area contributed by atoms with Crippen molar-refractivity contribution in [3.05, 3.63) is 54.6 Å². The van der Waals surface area contributed by atoms with Crippen molar-refractivity contribution in [1.82, 2.24) is 19.2 Å². The van der Waals surface area contributed by atoms with E-state index >= 15 is 0 Å². The van der Waals surface area contributed by atoms with Gasteiger partial charge in [0.05, 0.1) is 32.3 Å². The van der Waals surface area contributed by atoms with Crippen LogP contribution in [0.2, 0.25) is 0 Å². The molecular formula is C23H22F2N4O3. The van der Waals surface area contributed by atoms with Crippen LogP contribution in [0.5, 0.6) is 11.5 Å². The molecule has 1 aromatic carbocycles. The molecule has 0 aliphatic heterocycles. The fraction of sp³-hybridized carbons (Fsp3) is 0.261. The van der Waals surface area contributed by atoms with Crippen LogP contribution in [0.15, 0.2) is 49.1 Å². The number of ketones is 1. The van der Waals surface area contributed by atoms with Crippen LogP contribution in [-0.4, -0.2) is 45.6 Å². The molecule has 166 valence electrons. The lowest BCUT2D eigenvalue weighted by molar-refractivity contribution is 0.0903. The van der Waals surface area contributed by atoms with E-state index in [1.54, 1.807) is 29.2 Å². The number of aromatic nitrogens is 4. The average Bonchev–Trinajstić information content (AvgIpc) is 3.42. The smallest absolute Gasteiger partial charge is 0.239 e. The molecule has 0 saturated heterocycles. The highest BCUT2D eigenvalue weighted by atomic mass is 19.3. The van der Waals surface area contributed by atoms with Crippen LogP contribution in [-0.2, 0) is 7.05 Å². The number of hydrogen-bond acceptors (Lipinski definition) is 5. The standard InChI is InChI=1S/C23H22F2N4O3/c1-28-13-16(11-27-28)14-6-7-29-17(12-26-22(29)10-14)15-8-19(31-2)23(20(9-15)32-3)18(30)4-5-21(24)25/h6-13,21H,4-5H2,1-3H3. The lowest BCUT2D eigenvalue weighted by atomic mass is 10.0. The van der Waals surface area contributed by atoms with Gasteiger partial charge in [0.25, 0.3) is 0 Å². The number of imidazole rings is 1. The molecule has 0 aliphatic carbocycles. The van der Waals surface area contributed by atoms with E-state index in [-0.39, 0.29) is 23.5 Å². The van der Waals surface area contributed by atoms with E-state index in [4.69, 9.17) is 9.47 Å². The third-order valence-electron chi connectivity index (χ3n) is 5.22. The molecule has 0 radical (unpaired) electrons. The summed E-state index contributed by atoms with van der Waals surface area (Å²) in [4.78, 5) is 17.1. The number of nitrogens with zero attached hydrogens (tertiary/aromatic N) is 4. The summed E-state index contributed by atoms with van der Waals surface area (Å²) >= 11 is 0. The summed E-state index contributed by atoms with van der Waals surface area (Å²) in [5.74, 6) is 0.0749. The van der Waals surface area contributed by atoms with Gasteiger partial charge in [0, 0.05) is 43.4 Å². The Kier molecular flexibility index (Phi) is 5.89. The van der Waals surface area contributed by atoms with Gasteiger partial charge in [0.1, 0.15) is 22.7 Å². The number of methoxy groups -OCH3 is 2. The number of benzene rings is 1. The first-order valence-electron chi connectivity index (χ1n) is 9.95. The van der Waals surface area contributed by atoms with Crippen molar-refractivity contribution in [2.45, 2.75) is 19.3 Å². The Morgan fingerprint density at radius 3 is 2.38 bits per heavy atom. The predicted molar refractivity (Wildman–Crippen MR) is 116 cm³/mol. The number of hydrogen-bond donors (Lipinski definition) is 0. The highest BCUT2D eigenvalue weighted by Gasteiger charge is 2.22. The normalized spacial score (nSPS) is 11.3. The molecule has 0 unspecified atom stereocenters. The maximum atomic E-state index is 12.6. The summed E-state index contributed by atoms with van der Waals surface area (Å²) in [6, 6.07) is 7.30. The number of carbonyl (C=O) groups excluding carboxylic acids is 1. The van der Waals surface area contributed by atoms with Crippen LogP contribution in [0, 0.1) is 0 Å². The highest BCUT2D eigenvalue weighted by molar-refractivity contribution is 6.02. The van der Waals surface area contributed by atoms with Crippen molar-refractivity contribution >= 4 is 11.4 Å². The van der Waals surface area contributed by atoms with E-state index in [0.29, 0.717) is 5.56 Å². The van der Waals surface area contributed by atoms with E-state index in [1.807, 2.05) is 36.0 Å². The molecular weight excluding hydrogens is 418 g/mol. The Morgan fingerprint density at radius 2 is 1.78 bits per heavy atom. The third kappa shape index (κ3) is 4.05. The summed E-state index contributed by atoms with van der Waals surface area (Å²) in [5.41, 5.74) is 4.34. The molecule has 3 aromatic heterocycles. The van der Waals surface area contributed by atoms with Gasteiger partial charge in [0.2, 0.25) is 6.43 Å². The largest absolute Gasteiger partial charge is 0.496 e. The third-order valence-corrected chi connectivity index (χ3v) is 5.22. The van der Waals surface area contributed by atoms with Crippen molar-refractivity contribution in [2.75, 3.05) is 14.2 Å². The second-order valence-corrected chi connectivity index (χ2v) is 7.30. The number of aryl methyl sites for hydroxylation is 1. The molecule has 0 bridgehead atoms. The average molecular weight is 440 g/mol. The Labute approximate surface area is 183 Å². The van der Waals surface area contributed by atoms with Crippen molar-refractivity contribution in [1.29, 1.82) is 0 Å². The predicted octanol–water partition coefficient (Wildman–Crippen LogP) is 4.65. The number of halogens is 2. The van der Waals surface area contributed by atoms with Gasteiger partial charge in [-0.3, -0.25) is 13.9 Å². The van der Waals surface area contributed by atoms with Gasteiger partial charge in [-0.2, -0.15) is 5.10 Å². The maximum absolute atomic E-state index is 12.6. The number of pyridine rings is 1. The van der Waals surface area contributed by atoms with Crippen molar-refractivity contribution in [3.8, 4) is 33.9 Å². The zero-order valence-corrected chi connectivity index (χ0v) is 17.9. The van der Waals surface area contributed by atoms with Crippen LogP contribution in [0.25, 0.3) is 28.0 Å². The van der Waals surface area contributed by atoms with Crippen LogP contribution in [0.3, 0.4) is 0 Å². The molecule has 9 heteroatoms. The Bertz CT molecular complexity index is 1250. The first-order chi connectivity index (χ1) is 15.4. The summed E-state index contributed by atoms with van der Waals surface area (Å²) in [6.45, 7) is 0. The molecule has 0 fully saturated rings. The lowest BCUT2D eigenvalue weighted by Gasteiger charge is -2.15. The fourth-order valence-corrected chi connectivity index (χ4v) is 3.64. The van der Waals surface area contributed by atoms with Gasteiger partial charge < -0.3 is 9.47 Å². The maximum Gasteiger partial charge on any atom is 0.239 e. The minimum absolute atomic E-state index is 0.159. The van der Waals surface area contributed by atoms with Crippen LogP contribution >= 0.6 is 0 Å². The molecule has 0 amide bonds. The van der Waals surface area contributed by atoms with Crippen molar-refractivity contribution in [3.63, 3.8) is 0 Å². The second-order valence-electron chi connectivity index (χ2n) is 7.30. The molecule has 4 aromatic rings. The Balaban J connectivity index is 1.75. The minimum atomic E-state index is -2.55. The lowest BCUT2D eigenvalue weighted by Crippen LogP contribution is -2.07. The zero-order chi connectivity index (χ0) is 22.8. The number of carbonyl (C=O) groups is 1. The van der Waals surface area contributed by atoms with Gasteiger partial charge in [0.15, 0.2) is 5.78 Å². The van der Waals surface area contributed by atoms with E-state index in [9.17, 15) is 13.6 Å². The summed E-state index contributed by atoms with van der Waals surface area (Å²) in [7, 11) is 4.71. The van der Waals surface area contributed by atoms with Crippen LogP contribution < -0.4 is 9.47 Å². The van der Waals surface area contributed by atoms with E-state index in [1.165, 1.54) is 14.2 Å². The molecule has 0 atom stereocenters. The first kappa shape index (κ1) is 21.5. The number of Topliss-reactive ketones (excluding diaryl/α,β-unsaturated/α-hetero) is 1. The van der Waals surface area contributed by atoms with E-state index < -0.39 is 18.6 Å². The zero-order valence-electron chi connectivity index (χ0n) is 17.9. The minimum Gasteiger partial charge on any atom is -0.496 e. The Hall–Kier alpha value is -3.75. The number of alkyl halides is 2. The quantitative estimate of drug-likeness (QED) is 0.373. The molecule has 0 aliphatic rings. The number of rotatable bonds is 8. The fourth-order valence-electron chi connectivity index (χ4n) is 3.64. The molecule has 4 rings (SSSR count). The molecule has 0 saturated carbocycles. The first-order valence-corrected chi connectivity index (χ1v) is 9.95. The van der Waals surface area contributed by atoms with Gasteiger partial charge in [-0.1, -0.05) is 0 Å². The molecule has 3 heterocycles. The molecule has 7 nitrogen and oxygen atoms in total. The molecule has 32 heavy (non-hydrogen) atoms. The van der Waals surface area contributed by atoms with E-state index in [2.05, 4.69) is 10.1 Å². The highest BCUT2D eigenvalue weighted by Crippen LogP contribution is 2.37. The second kappa shape index (κ2) is 8.78. The van der Waals surface area contributed by atoms with Crippen molar-refractivity contribution in [2.24, 2.45) is 7.05 Å². The number of fused-ring (bicyclic) bond motifs is 1. The Morgan fingerprint density at radius 1 is 1.06 bits per heavy atom. The monoisotopic (exact) mass is 440 g/mol. The summed E-state index contributed by atoms with van der Waals surface area (Å²) in [6.07, 6.45) is 3.97. The SMILES string of the molecule is COc1cc(-c2cnc3cc(-c4cnn(C)c4)ccn23)cc(OC)c1C(=O)CCC(F)F. The van der Waals surface area contributed by atoms with Crippen LogP contribution in [0.1, 0.15) is 23.2 Å². The molecule has 0 spiro atoms. The van der Waals surface area contributed by atoms with Gasteiger partial charge in [-0.15, -0.1) is 0 Å². The van der Waals surface area contributed by atoms with Crippen LogP contribution in [0.4, 0.5) is 8.78 Å². The topological polar surface area (TPSA) is 70.7 Å². The summed E-state index contributed by atoms with van der Waals surface area (Å²) in [5, 5.41) is 4.20. The van der Waals surface area contributed by atoms with Gasteiger partial charge in [-0.05, 0) is 29.8 Å². The van der Waals surface area contributed by atoms with E-state index in [0.717, 1.165) is 22.5 Å². The summed E-state index contributed by atoms with van der Waals surface area (Å²) < 4.78 is 39.6. The number of ether oxygens (including phenoxy) is 2. The molecule has 0 N–H and O–H groups in total. The van der Waals surface area contributed by atoms with Gasteiger partial charge >= 0.3 is 0 Å². The van der Waals surface area contributed by atoms with Gasteiger partial charge in [-0.25, -0.2) is 13.8 Å².